The van der Waals surface area contributed by atoms with Gasteiger partial charge in [0.2, 0.25) is 5.91 Å². The summed E-state index contributed by atoms with van der Waals surface area (Å²) in [6, 6.07) is 4.92. The number of carbonyl (C=O) groups is 2. The number of benzene rings is 1. The number of amides is 3. The number of ether oxygens (including phenoxy) is 2. The van der Waals surface area contributed by atoms with Gasteiger partial charge in [-0.2, -0.15) is 0 Å². The van der Waals surface area contributed by atoms with Crippen molar-refractivity contribution in [3.8, 4) is 11.5 Å². The lowest BCUT2D eigenvalue weighted by molar-refractivity contribution is -0.125. The Morgan fingerprint density at radius 1 is 1.22 bits per heavy atom. The summed E-state index contributed by atoms with van der Waals surface area (Å²) < 4.78 is 10.3. The van der Waals surface area contributed by atoms with Crippen LogP contribution in [-0.4, -0.2) is 37.6 Å². The van der Waals surface area contributed by atoms with Gasteiger partial charge in [0.05, 0.1) is 27.3 Å². The second-order valence-electron chi connectivity index (χ2n) is 3.83. The molecule has 0 aliphatic carbocycles. The highest BCUT2D eigenvalue weighted by molar-refractivity contribution is 6.01. The molecular weight excluding hydrogens is 236 g/mol. The molecule has 1 fully saturated rings. The summed E-state index contributed by atoms with van der Waals surface area (Å²) in [5, 5.41) is 2.47. The van der Waals surface area contributed by atoms with E-state index < -0.39 is 0 Å². The van der Waals surface area contributed by atoms with Gasteiger partial charge < -0.3 is 14.8 Å². The normalized spacial score (nSPS) is 14.7. The lowest BCUT2D eigenvalue weighted by Crippen LogP contribution is -2.30. The molecule has 18 heavy (non-hydrogen) atoms. The van der Waals surface area contributed by atoms with E-state index in [1.54, 1.807) is 25.3 Å². The molecule has 0 radical (unpaired) electrons. The van der Waals surface area contributed by atoms with Crippen LogP contribution in [0.3, 0.4) is 0 Å². The topological polar surface area (TPSA) is 67.9 Å². The Morgan fingerprint density at radius 2 is 1.94 bits per heavy atom. The van der Waals surface area contributed by atoms with Crippen LogP contribution in [0.1, 0.15) is 5.56 Å². The van der Waals surface area contributed by atoms with Gasteiger partial charge in [0.1, 0.15) is 0 Å². The number of imide groups is 1. The second kappa shape index (κ2) is 4.95. The number of urea groups is 1. The van der Waals surface area contributed by atoms with E-state index in [0.717, 1.165) is 5.56 Å². The fraction of sp³-hybridized carbons (Fsp3) is 0.333. The first-order valence-electron chi connectivity index (χ1n) is 5.45. The molecule has 6 nitrogen and oxygen atoms in total. The quantitative estimate of drug-likeness (QED) is 0.801. The molecule has 1 aromatic rings. The van der Waals surface area contributed by atoms with Crippen LogP contribution >= 0.6 is 0 Å². The number of carbonyl (C=O) groups excluding carboxylic acids is 2. The maximum absolute atomic E-state index is 11.5. The van der Waals surface area contributed by atoms with Crippen LogP contribution in [0.4, 0.5) is 4.79 Å². The van der Waals surface area contributed by atoms with E-state index in [9.17, 15) is 9.59 Å². The zero-order valence-electron chi connectivity index (χ0n) is 10.2. The minimum atomic E-state index is -0.366. The lowest BCUT2D eigenvalue weighted by Gasteiger charge is -2.14. The Morgan fingerprint density at radius 3 is 2.50 bits per heavy atom. The van der Waals surface area contributed by atoms with Crippen LogP contribution < -0.4 is 14.8 Å². The van der Waals surface area contributed by atoms with E-state index in [1.165, 1.54) is 12.0 Å². The van der Waals surface area contributed by atoms with Gasteiger partial charge in [-0.3, -0.25) is 9.69 Å². The van der Waals surface area contributed by atoms with Crippen LogP contribution in [0.15, 0.2) is 18.2 Å². The van der Waals surface area contributed by atoms with Crippen molar-refractivity contribution in [3.63, 3.8) is 0 Å². The van der Waals surface area contributed by atoms with Crippen molar-refractivity contribution in [2.45, 2.75) is 6.54 Å². The Hall–Kier alpha value is -2.24. The van der Waals surface area contributed by atoms with E-state index >= 15 is 0 Å². The third-order valence-corrected chi connectivity index (χ3v) is 2.73. The van der Waals surface area contributed by atoms with E-state index in [2.05, 4.69) is 5.32 Å². The monoisotopic (exact) mass is 250 g/mol. The van der Waals surface area contributed by atoms with Crippen molar-refractivity contribution in [3.05, 3.63) is 23.8 Å². The summed E-state index contributed by atoms with van der Waals surface area (Å²) in [5.74, 6) is 0.954. The SMILES string of the molecule is COc1ccc(CN2C(=O)CNC2=O)cc1OC. The Labute approximate surface area is 104 Å². The van der Waals surface area contributed by atoms with E-state index in [-0.39, 0.29) is 25.0 Å². The van der Waals surface area contributed by atoms with Crippen LogP contribution in [0.2, 0.25) is 0 Å². The number of hydrogen-bond acceptors (Lipinski definition) is 4. The summed E-state index contributed by atoms with van der Waals surface area (Å²) in [6.07, 6.45) is 0. The average Bonchev–Trinajstić information content (AvgIpc) is 2.70. The van der Waals surface area contributed by atoms with Gasteiger partial charge in [0, 0.05) is 0 Å². The number of nitrogens with zero attached hydrogens (tertiary/aromatic N) is 1. The number of rotatable bonds is 4. The molecule has 0 aromatic heterocycles. The van der Waals surface area contributed by atoms with Crippen molar-refractivity contribution in [1.82, 2.24) is 10.2 Å². The standard InChI is InChI=1S/C12H14N2O4/c1-17-9-4-3-8(5-10(9)18-2)7-14-11(15)6-13-12(14)16/h3-5H,6-7H2,1-2H3,(H,13,16). The van der Waals surface area contributed by atoms with Crippen LogP contribution in [-0.2, 0) is 11.3 Å². The molecule has 1 saturated heterocycles. The van der Waals surface area contributed by atoms with Crippen molar-refractivity contribution in [2.24, 2.45) is 0 Å². The molecule has 1 aliphatic heterocycles. The Balaban J connectivity index is 2.19. The molecule has 0 unspecified atom stereocenters. The molecule has 1 N–H and O–H groups in total. The molecule has 6 heteroatoms. The van der Waals surface area contributed by atoms with Gasteiger partial charge in [-0.25, -0.2) is 4.79 Å². The van der Waals surface area contributed by atoms with Gasteiger partial charge in [-0.1, -0.05) is 6.07 Å². The van der Waals surface area contributed by atoms with E-state index in [0.29, 0.717) is 11.5 Å². The summed E-state index contributed by atoms with van der Waals surface area (Å²) in [5.41, 5.74) is 0.804. The molecule has 0 saturated carbocycles. The van der Waals surface area contributed by atoms with E-state index in [4.69, 9.17) is 9.47 Å². The number of nitrogens with one attached hydrogen (secondary N) is 1. The van der Waals surface area contributed by atoms with Crippen molar-refractivity contribution >= 4 is 11.9 Å². The Bertz CT molecular complexity index is 471. The largest absolute Gasteiger partial charge is 0.493 e. The maximum Gasteiger partial charge on any atom is 0.324 e. The zero-order chi connectivity index (χ0) is 13.1. The molecule has 0 bridgehead atoms. The van der Waals surface area contributed by atoms with Crippen molar-refractivity contribution < 1.29 is 19.1 Å². The molecule has 0 spiro atoms. The summed E-state index contributed by atoms with van der Waals surface area (Å²) in [6.45, 7) is 0.289. The van der Waals surface area contributed by atoms with Gasteiger partial charge in [-0.05, 0) is 17.7 Å². The predicted octanol–water partition coefficient (Wildman–Crippen LogP) is 0.756. The molecule has 1 aliphatic rings. The summed E-state index contributed by atoms with van der Waals surface area (Å²) in [4.78, 5) is 24.0. The van der Waals surface area contributed by atoms with Crippen molar-refractivity contribution in [2.75, 3.05) is 20.8 Å². The minimum absolute atomic E-state index is 0.0616. The van der Waals surface area contributed by atoms with E-state index in [1.807, 2.05) is 0 Å². The smallest absolute Gasteiger partial charge is 0.324 e. The fourth-order valence-corrected chi connectivity index (χ4v) is 1.78. The summed E-state index contributed by atoms with van der Waals surface area (Å²) in [7, 11) is 3.09. The number of hydrogen-bond donors (Lipinski definition) is 1. The molecule has 1 heterocycles. The molecular formula is C12H14N2O4. The number of methoxy groups -OCH3 is 2. The van der Waals surface area contributed by atoms with Gasteiger partial charge in [0.15, 0.2) is 11.5 Å². The van der Waals surface area contributed by atoms with Crippen molar-refractivity contribution in [1.29, 1.82) is 0 Å². The molecule has 2 rings (SSSR count). The zero-order valence-corrected chi connectivity index (χ0v) is 10.2. The highest BCUT2D eigenvalue weighted by Gasteiger charge is 2.28. The fourth-order valence-electron chi connectivity index (χ4n) is 1.78. The molecule has 96 valence electrons. The third kappa shape index (κ3) is 2.22. The van der Waals surface area contributed by atoms with Gasteiger partial charge >= 0.3 is 6.03 Å². The highest BCUT2D eigenvalue weighted by Crippen LogP contribution is 2.28. The average molecular weight is 250 g/mol. The molecule has 1 aromatic carbocycles. The minimum Gasteiger partial charge on any atom is -0.493 e. The highest BCUT2D eigenvalue weighted by atomic mass is 16.5. The van der Waals surface area contributed by atoms with Gasteiger partial charge in [-0.15, -0.1) is 0 Å². The lowest BCUT2D eigenvalue weighted by atomic mass is 10.2. The van der Waals surface area contributed by atoms with Gasteiger partial charge in [0.25, 0.3) is 0 Å². The Kier molecular flexibility index (Phi) is 3.36. The first-order valence-corrected chi connectivity index (χ1v) is 5.45. The molecule has 3 amide bonds. The maximum atomic E-state index is 11.5. The summed E-state index contributed by atoms with van der Waals surface area (Å²) >= 11 is 0. The second-order valence-corrected chi connectivity index (χ2v) is 3.83. The van der Waals surface area contributed by atoms with Crippen LogP contribution in [0.25, 0.3) is 0 Å². The first-order chi connectivity index (χ1) is 8.65. The van der Waals surface area contributed by atoms with Crippen LogP contribution in [0.5, 0.6) is 11.5 Å². The third-order valence-electron chi connectivity index (χ3n) is 2.73. The van der Waals surface area contributed by atoms with Crippen LogP contribution in [0, 0.1) is 0 Å². The molecule has 0 atom stereocenters. The predicted molar refractivity (Wildman–Crippen MR) is 63.5 cm³/mol. The first kappa shape index (κ1) is 12.2.